The van der Waals surface area contributed by atoms with Gasteiger partial charge in [-0.3, -0.25) is 14.8 Å². The molecule has 2 aromatic rings. The largest absolute Gasteiger partial charge is 0.338 e. The molecule has 118 valence electrons. The minimum Gasteiger partial charge on any atom is -0.338 e. The highest BCUT2D eigenvalue weighted by Gasteiger charge is 2.30. The average Bonchev–Trinajstić information content (AvgIpc) is 2.90. The van der Waals surface area contributed by atoms with E-state index in [1.807, 2.05) is 6.92 Å². The summed E-state index contributed by atoms with van der Waals surface area (Å²) < 4.78 is 5.32. The highest BCUT2D eigenvalue weighted by molar-refractivity contribution is 6.34. The number of rotatable bonds is 3. The predicted octanol–water partition coefficient (Wildman–Crippen LogP) is 2.57. The molecule has 3 rings (SSSR count). The van der Waals surface area contributed by atoms with Crippen molar-refractivity contribution in [2.45, 2.75) is 19.5 Å². The monoisotopic (exact) mass is 341 g/mol. The summed E-state index contributed by atoms with van der Waals surface area (Å²) in [5, 5.41) is 5.02. The van der Waals surface area contributed by atoms with Crippen molar-refractivity contribution in [3.63, 3.8) is 0 Å². The van der Waals surface area contributed by atoms with Crippen LogP contribution in [0.1, 0.15) is 23.5 Å². The zero-order valence-electron chi connectivity index (χ0n) is 12.5. The molecule has 0 N–H and O–H groups in total. The molecular weight excluding hydrogens is 325 g/mol. The summed E-state index contributed by atoms with van der Waals surface area (Å²) in [6, 6.07) is 1.81. The first kappa shape index (κ1) is 15.7. The van der Waals surface area contributed by atoms with E-state index in [0.717, 1.165) is 25.3 Å². The van der Waals surface area contributed by atoms with E-state index in [9.17, 15) is 0 Å². The summed E-state index contributed by atoms with van der Waals surface area (Å²) in [7, 11) is 2.06. The minimum atomic E-state index is 0.0843. The van der Waals surface area contributed by atoms with Crippen molar-refractivity contribution in [3.05, 3.63) is 39.7 Å². The predicted molar refractivity (Wildman–Crippen MR) is 83.9 cm³/mol. The lowest BCUT2D eigenvalue weighted by molar-refractivity contribution is 0.0707. The van der Waals surface area contributed by atoms with Crippen LogP contribution in [0.2, 0.25) is 10.0 Å². The molecule has 1 unspecified atom stereocenters. The second-order valence-corrected chi connectivity index (χ2v) is 6.34. The van der Waals surface area contributed by atoms with Gasteiger partial charge in [0.2, 0.25) is 5.89 Å². The minimum absolute atomic E-state index is 0.0843. The van der Waals surface area contributed by atoms with Gasteiger partial charge in [-0.15, -0.1) is 0 Å². The van der Waals surface area contributed by atoms with Crippen LogP contribution in [-0.4, -0.2) is 51.6 Å². The first-order valence-corrected chi connectivity index (χ1v) is 7.81. The average molecular weight is 342 g/mol. The Morgan fingerprint density at radius 3 is 2.86 bits per heavy atom. The molecule has 3 heterocycles. The maximum atomic E-state index is 6.21. The number of halogens is 2. The van der Waals surface area contributed by atoms with Crippen molar-refractivity contribution >= 4 is 23.2 Å². The topological polar surface area (TPSA) is 58.3 Å². The molecule has 22 heavy (non-hydrogen) atoms. The summed E-state index contributed by atoms with van der Waals surface area (Å²) in [5.74, 6) is 1.31. The maximum absolute atomic E-state index is 6.21. The molecule has 1 atom stereocenters. The number of nitrogens with zero attached hydrogens (tertiary/aromatic N) is 5. The van der Waals surface area contributed by atoms with Crippen LogP contribution in [0, 0.1) is 6.92 Å². The lowest BCUT2D eigenvalue weighted by Crippen LogP contribution is -2.46. The van der Waals surface area contributed by atoms with E-state index in [1.54, 1.807) is 12.3 Å². The molecule has 1 aliphatic heterocycles. The van der Waals surface area contributed by atoms with Gasteiger partial charge in [0, 0.05) is 32.4 Å². The Balaban J connectivity index is 1.73. The number of likely N-dealkylation sites (N-methyl/N-ethyl adjacent to an activating group) is 1. The molecular formula is C14H17Cl2N5O. The van der Waals surface area contributed by atoms with Crippen LogP contribution in [-0.2, 0) is 6.54 Å². The van der Waals surface area contributed by atoms with Crippen molar-refractivity contribution in [2.24, 2.45) is 0 Å². The van der Waals surface area contributed by atoms with Crippen LogP contribution in [0.25, 0.3) is 0 Å². The molecule has 0 spiro atoms. The van der Waals surface area contributed by atoms with Crippen molar-refractivity contribution < 1.29 is 4.52 Å². The Bertz CT molecular complexity index is 662. The molecule has 0 saturated carbocycles. The Labute approximate surface area is 139 Å². The summed E-state index contributed by atoms with van der Waals surface area (Å²) >= 11 is 12.1. The van der Waals surface area contributed by atoms with Crippen LogP contribution in [0.4, 0.5) is 0 Å². The van der Waals surface area contributed by atoms with Gasteiger partial charge in [0.15, 0.2) is 5.82 Å². The van der Waals surface area contributed by atoms with Gasteiger partial charge in [-0.2, -0.15) is 4.98 Å². The molecule has 8 heteroatoms. The number of aromatic nitrogens is 3. The Morgan fingerprint density at radius 2 is 2.18 bits per heavy atom. The molecule has 1 aliphatic rings. The number of hydrogen-bond donors (Lipinski definition) is 0. The summed E-state index contributed by atoms with van der Waals surface area (Å²) in [5.41, 5.74) is 0.830. The van der Waals surface area contributed by atoms with Gasteiger partial charge < -0.3 is 4.52 Å². The van der Waals surface area contributed by atoms with Crippen LogP contribution in [0.15, 0.2) is 16.8 Å². The fourth-order valence-corrected chi connectivity index (χ4v) is 3.00. The lowest BCUT2D eigenvalue weighted by Gasteiger charge is -2.37. The van der Waals surface area contributed by atoms with Crippen molar-refractivity contribution in [1.82, 2.24) is 24.9 Å². The normalized spacial score (nSPS) is 20.5. The Morgan fingerprint density at radius 1 is 1.36 bits per heavy atom. The molecule has 1 fully saturated rings. The van der Waals surface area contributed by atoms with E-state index in [4.69, 9.17) is 27.7 Å². The van der Waals surface area contributed by atoms with Crippen molar-refractivity contribution in [2.75, 3.05) is 26.7 Å². The van der Waals surface area contributed by atoms with Crippen LogP contribution in [0.5, 0.6) is 0 Å². The Kier molecular flexibility index (Phi) is 4.63. The van der Waals surface area contributed by atoms with E-state index >= 15 is 0 Å². The molecule has 6 nitrogen and oxygen atoms in total. The molecule has 0 bridgehead atoms. The van der Waals surface area contributed by atoms with E-state index in [2.05, 4.69) is 32.0 Å². The second-order valence-electron chi connectivity index (χ2n) is 5.49. The zero-order chi connectivity index (χ0) is 15.7. The van der Waals surface area contributed by atoms with Crippen LogP contribution >= 0.6 is 23.2 Å². The van der Waals surface area contributed by atoms with Crippen molar-refractivity contribution in [3.8, 4) is 0 Å². The van der Waals surface area contributed by atoms with Crippen LogP contribution < -0.4 is 0 Å². The lowest BCUT2D eigenvalue weighted by atomic mass is 10.1. The molecule has 0 aromatic carbocycles. The van der Waals surface area contributed by atoms with Gasteiger partial charge in [0.25, 0.3) is 0 Å². The second kappa shape index (κ2) is 6.50. The molecule has 0 radical (unpaired) electrons. The van der Waals surface area contributed by atoms with Gasteiger partial charge in [0.05, 0.1) is 15.7 Å². The van der Waals surface area contributed by atoms with E-state index in [0.29, 0.717) is 28.3 Å². The highest BCUT2D eigenvalue weighted by Crippen LogP contribution is 2.25. The number of piperazine rings is 1. The highest BCUT2D eigenvalue weighted by atomic mass is 35.5. The van der Waals surface area contributed by atoms with E-state index in [1.165, 1.54) is 0 Å². The third-order valence-corrected chi connectivity index (χ3v) is 4.35. The van der Waals surface area contributed by atoms with Gasteiger partial charge in [-0.25, -0.2) is 0 Å². The fraction of sp³-hybridized carbons (Fsp3) is 0.500. The number of aryl methyl sites for hydroxylation is 1. The van der Waals surface area contributed by atoms with Gasteiger partial charge in [-0.05, 0) is 20.0 Å². The standard InChI is InChI=1S/C14H17Cl2N5O/c1-9-18-14(22-19-9)13-8-21(4-3-20(13)2)7-12-11(16)5-10(15)6-17-12/h5-6,13H,3-4,7-8H2,1-2H3. The maximum Gasteiger partial charge on any atom is 0.245 e. The quantitative estimate of drug-likeness (QED) is 0.855. The summed E-state index contributed by atoms with van der Waals surface area (Å²) in [6.45, 7) is 5.13. The van der Waals surface area contributed by atoms with Crippen molar-refractivity contribution in [1.29, 1.82) is 0 Å². The zero-order valence-corrected chi connectivity index (χ0v) is 14.0. The van der Waals surface area contributed by atoms with Gasteiger partial charge in [-0.1, -0.05) is 28.4 Å². The molecule has 0 amide bonds. The van der Waals surface area contributed by atoms with E-state index < -0.39 is 0 Å². The SMILES string of the molecule is Cc1noc(C2CN(Cc3ncc(Cl)cc3Cl)CCN2C)n1. The third-order valence-electron chi connectivity index (χ3n) is 3.82. The van der Waals surface area contributed by atoms with Crippen LogP contribution in [0.3, 0.4) is 0 Å². The number of hydrogen-bond acceptors (Lipinski definition) is 6. The summed E-state index contributed by atoms with van der Waals surface area (Å²) in [6.07, 6.45) is 1.62. The third kappa shape index (κ3) is 3.41. The number of pyridine rings is 1. The summed E-state index contributed by atoms with van der Waals surface area (Å²) in [4.78, 5) is 13.2. The molecule has 0 aliphatic carbocycles. The fourth-order valence-electron chi connectivity index (χ4n) is 2.56. The Hall–Kier alpha value is -1.21. The first-order valence-electron chi connectivity index (χ1n) is 7.05. The van der Waals surface area contributed by atoms with Gasteiger partial charge >= 0.3 is 0 Å². The molecule has 1 saturated heterocycles. The molecule has 2 aromatic heterocycles. The smallest absolute Gasteiger partial charge is 0.245 e. The van der Waals surface area contributed by atoms with Gasteiger partial charge in [0.1, 0.15) is 6.04 Å². The first-order chi connectivity index (χ1) is 10.5. The van der Waals surface area contributed by atoms with E-state index in [-0.39, 0.29) is 6.04 Å².